The van der Waals surface area contributed by atoms with Crippen LogP contribution in [0.2, 0.25) is 0 Å². The number of anilines is 2. The maximum atomic E-state index is 13.8. The number of halogens is 1. The summed E-state index contributed by atoms with van der Waals surface area (Å²) in [5.74, 6) is 1.03. The summed E-state index contributed by atoms with van der Waals surface area (Å²) < 4.78 is 2.42. The van der Waals surface area contributed by atoms with E-state index in [9.17, 15) is 14.4 Å². The van der Waals surface area contributed by atoms with Crippen molar-refractivity contribution in [3.05, 3.63) is 52.9 Å². The van der Waals surface area contributed by atoms with Gasteiger partial charge >= 0.3 is 0 Å². The van der Waals surface area contributed by atoms with Crippen molar-refractivity contribution in [2.24, 2.45) is 11.8 Å². The average molecular weight is 603 g/mol. The molecule has 1 aliphatic heterocycles. The molecule has 3 aromatic heterocycles. The summed E-state index contributed by atoms with van der Waals surface area (Å²) in [5.41, 5.74) is 8.02. The van der Waals surface area contributed by atoms with Gasteiger partial charge in [-0.1, -0.05) is 6.07 Å². The molecule has 3 fully saturated rings. The number of benzene rings is 1. The minimum atomic E-state index is -0.577. The molecule has 1 unspecified atom stereocenters. The Morgan fingerprint density at radius 1 is 1.10 bits per heavy atom. The first-order valence-electron chi connectivity index (χ1n) is 13.4. The van der Waals surface area contributed by atoms with Crippen LogP contribution in [0.15, 0.2) is 47.3 Å². The van der Waals surface area contributed by atoms with Crippen molar-refractivity contribution in [3.8, 4) is 0 Å². The summed E-state index contributed by atoms with van der Waals surface area (Å²) in [5, 5.41) is 7.16. The van der Waals surface area contributed by atoms with Gasteiger partial charge in [-0.05, 0) is 83.8 Å². The third kappa shape index (κ3) is 4.45. The Morgan fingerprint density at radius 3 is 2.75 bits per heavy atom. The van der Waals surface area contributed by atoms with Gasteiger partial charge in [0.15, 0.2) is 0 Å². The minimum Gasteiger partial charge on any atom is -0.383 e. The third-order valence-electron chi connectivity index (χ3n) is 8.13. The number of fused-ring (bicyclic) bond motifs is 4. The predicted molar refractivity (Wildman–Crippen MR) is 152 cm³/mol. The molecule has 40 heavy (non-hydrogen) atoms. The molecule has 0 bridgehead atoms. The van der Waals surface area contributed by atoms with E-state index in [2.05, 4.69) is 41.5 Å². The predicted octanol–water partition coefficient (Wildman–Crippen LogP) is 3.09. The fourth-order valence-electron chi connectivity index (χ4n) is 5.85. The van der Waals surface area contributed by atoms with E-state index in [0.717, 1.165) is 24.8 Å². The van der Waals surface area contributed by atoms with Crippen LogP contribution in [0.25, 0.3) is 21.9 Å². The molecule has 3 aliphatic rings. The van der Waals surface area contributed by atoms with Gasteiger partial charge in [-0.3, -0.25) is 14.4 Å². The molecule has 4 N–H and O–H groups in total. The Bertz CT molecular complexity index is 1700. The second-order valence-corrected chi connectivity index (χ2v) is 11.7. The molecule has 204 valence electrons. The van der Waals surface area contributed by atoms with Crippen LogP contribution in [0, 0.1) is 11.8 Å². The maximum Gasteiger partial charge on any atom is 0.251 e. The lowest BCUT2D eigenvalue weighted by Crippen LogP contribution is -2.46. The zero-order valence-electron chi connectivity index (χ0n) is 21.5. The highest BCUT2D eigenvalue weighted by atomic mass is 79.9. The van der Waals surface area contributed by atoms with Crippen LogP contribution >= 0.6 is 15.9 Å². The minimum absolute atomic E-state index is 0.0220. The number of nitrogens with two attached hydrogens (primary N) is 1. The quantitative estimate of drug-likeness (QED) is 0.275. The monoisotopic (exact) mass is 602 g/mol. The summed E-state index contributed by atoms with van der Waals surface area (Å²) in [6, 6.07) is 10.1. The van der Waals surface area contributed by atoms with Crippen LogP contribution < -0.4 is 16.4 Å². The second kappa shape index (κ2) is 9.54. The first-order chi connectivity index (χ1) is 19.4. The molecule has 3 atom stereocenters. The average Bonchev–Trinajstić information content (AvgIpc) is 3.86. The second-order valence-electron chi connectivity index (χ2n) is 10.9. The van der Waals surface area contributed by atoms with E-state index >= 15 is 0 Å². The van der Waals surface area contributed by atoms with E-state index in [1.54, 1.807) is 39.8 Å². The number of nitrogen functional groups attached to an aromatic ring is 1. The zero-order valence-corrected chi connectivity index (χ0v) is 23.1. The molecule has 7 rings (SSSR count). The van der Waals surface area contributed by atoms with Crippen LogP contribution in [0.4, 0.5) is 11.6 Å². The van der Waals surface area contributed by atoms with Gasteiger partial charge in [-0.15, -0.1) is 0 Å². The van der Waals surface area contributed by atoms with Crippen molar-refractivity contribution in [1.29, 1.82) is 0 Å². The number of pyridine rings is 1. The van der Waals surface area contributed by atoms with Gasteiger partial charge in [-0.25, -0.2) is 15.0 Å². The molecule has 12 heteroatoms. The number of amides is 3. The van der Waals surface area contributed by atoms with Crippen molar-refractivity contribution < 1.29 is 14.4 Å². The van der Waals surface area contributed by atoms with Gasteiger partial charge in [0.1, 0.15) is 40.8 Å². The van der Waals surface area contributed by atoms with Crippen LogP contribution in [0.5, 0.6) is 0 Å². The Labute approximate surface area is 237 Å². The van der Waals surface area contributed by atoms with Crippen molar-refractivity contribution in [2.75, 3.05) is 17.6 Å². The van der Waals surface area contributed by atoms with Crippen molar-refractivity contribution in [1.82, 2.24) is 29.7 Å². The number of piperidine rings is 1. The first kappa shape index (κ1) is 24.9. The number of rotatable bonds is 7. The fraction of sp³-hybridized carbons (Fsp3) is 0.357. The zero-order chi connectivity index (χ0) is 27.5. The summed E-state index contributed by atoms with van der Waals surface area (Å²) in [7, 11) is 0. The summed E-state index contributed by atoms with van der Waals surface area (Å²) in [6.07, 6.45) is 5.19. The standard InChI is InChI=1S/C28H27BrN8O3/c29-21-2-1-3-22(34-21)35-28(40)20-10-16-9-19(16)37(20)23(38)12-36-18-7-6-15(27(39)31-11-14-4-5-14)8-17(18)24-25(30)32-13-33-26(24)36/h1-3,6-8,13-14,16,19-20H,4-5,9-12H2,(H,31,39)(H2,30,32,33)(H,34,35,40)/t16?,19-,20+/m1/s1. The number of aromatic nitrogens is 4. The number of carbonyl (C=O) groups is 3. The summed E-state index contributed by atoms with van der Waals surface area (Å²) in [4.78, 5) is 54.5. The SMILES string of the molecule is Nc1ncnc2c1c1cc(C(=O)NCC3CC3)ccc1n2CC(=O)N1[C@@H]2CC2C[C@H]1C(=O)Nc1cccc(Br)n1. The van der Waals surface area contributed by atoms with Gasteiger partial charge < -0.3 is 25.8 Å². The Hall–Kier alpha value is -4.06. The van der Waals surface area contributed by atoms with Gasteiger partial charge in [0.2, 0.25) is 11.8 Å². The number of hydrogen-bond donors (Lipinski definition) is 3. The largest absolute Gasteiger partial charge is 0.383 e. The molecular weight excluding hydrogens is 576 g/mol. The highest BCUT2D eigenvalue weighted by molar-refractivity contribution is 9.10. The smallest absolute Gasteiger partial charge is 0.251 e. The van der Waals surface area contributed by atoms with Crippen LogP contribution in [-0.4, -0.2) is 60.8 Å². The molecule has 2 aliphatic carbocycles. The van der Waals surface area contributed by atoms with E-state index in [1.165, 1.54) is 6.33 Å². The molecule has 11 nitrogen and oxygen atoms in total. The van der Waals surface area contributed by atoms with Crippen LogP contribution in [0.3, 0.4) is 0 Å². The highest BCUT2D eigenvalue weighted by Crippen LogP contribution is 2.48. The van der Waals surface area contributed by atoms with Gasteiger partial charge in [0.05, 0.1) is 10.9 Å². The normalized spacial score (nSPS) is 21.4. The first-order valence-corrected chi connectivity index (χ1v) is 14.2. The number of likely N-dealkylation sites (tertiary alicyclic amines) is 1. The molecule has 1 saturated heterocycles. The topological polar surface area (TPSA) is 148 Å². The number of carbonyl (C=O) groups excluding carboxylic acids is 3. The Morgan fingerprint density at radius 2 is 1.95 bits per heavy atom. The third-order valence-corrected chi connectivity index (χ3v) is 8.58. The highest BCUT2D eigenvalue weighted by Gasteiger charge is 2.56. The summed E-state index contributed by atoms with van der Waals surface area (Å²) >= 11 is 3.32. The molecule has 2 saturated carbocycles. The molecule has 1 aromatic carbocycles. The van der Waals surface area contributed by atoms with Gasteiger partial charge in [0.25, 0.3) is 5.91 Å². The molecule has 3 amide bonds. The number of nitrogens with zero attached hydrogens (tertiary/aromatic N) is 5. The van der Waals surface area contributed by atoms with Crippen molar-refractivity contribution >= 4 is 67.2 Å². The lowest BCUT2D eigenvalue weighted by atomic mass is 10.1. The summed E-state index contributed by atoms with van der Waals surface area (Å²) in [6.45, 7) is 0.647. The molecule has 4 aromatic rings. The molecular formula is C28H27BrN8O3. The maximum absolute atomic E-state index is 13.8. The van der Waals surface area contributed by atoms with Crippen LogP contribution in [-0.2, 0) is 16.1 Å². The van der Waals surface area contributed by atoms with E-state index in [-0.39, 0.29) is 36.1 Å². The molecule has 0 spiro atoms. The fourth-order valence-corrected chi connectivity index (χ4v) is 6.20. The molecule has 0 radical (unpaired) electrons. The lowest BCUT2D eigenvalue weighted by Gasteiger charge is -2.27. The van der Waals surface area contributed by atoms with Gasteiger partial charge in [0, 0.05) is 23.5 Å². The number of hydrogen-bond acceptors (Lipinski definition) is 7. The Kier molecular flexibility index (Phi) is 5.95. The van der Waals surface area contributed by atoms with Crippen LogP contribution in [0.1, 0.15) is 36.0 Å². The van der Waals surface area contributed by atoms with E-state index in [4.69, 9.17) is 5.73 Å². The number of nitrogens with one attached hydrogen (secondary N) is 2. The van der Waals surface area contributed by atoms with Gasteiger partial charge in [-0.2, -0.15) is 0 Å². The lowest BCUT2D eigenvalue weighted by molar-refractivity contribution is -0.138. The van der Waals surface area contributed by atoms with E-state index in [1.807, 2.05) is 6.07 Å². The molecule has 4 heterocycles. The Balaban J connectivity index is 1.18. The van der Waals surface area contributed by atoms with E-state index < -0.39 is 6.04 Å². The van der Waals surface area contributed by atoms with E-state index in [0.29, 0.717) is 57.2 Å². The van der Waals surface area contributed by atoms with Crippen molar-refractivity contribution in [2.45, 2.75) is 44.3 Å². The van der Waals surface area contributed by atoms with Crippen molar-refractivity contribution in [3.63, 3.8) is 0 Å².